The van der Waals surface area contributed by atoms with E-state index in [2.05, 4.69) is 20.4 Å². The van der Waals surface area contributed by atoms with E-state index in [0.29, 0.717) is 6.54 Å². The van der Waals surface area contributed by atoms with Crippen molar-refractivity contribution in [2.75, 3.05) is 56.0 Å². The standard InChI is InChI=1S/C22H27FN4O.3ClH/c23-17-6-8-18(9-7-17)27-15-13-26(14-16-27)12-11-25-22(28)20-3-1-5-21-19(20)4-2-10-24-21;;;/h1,3,5-9,24H,2,4,10-16H2,(H,25,28);3*1H. The van der Waals surface area contributed by atoms with Crippen LogP contribution in [0.25, 0.3) is 0 Å². The molecule has 0 aliphatic carbocycles. The molecular weight excluding hydrogens is 462 g/mol. The molecule has 5 nitrogen and oxygen atoms in total. The molecule has 4 rings (SSSR count). The predicted molar refractivity (Wildman–Crippen MR) is 132 cm³/mol. The minimum Gasteiger partial charge on any atom is -0.385 e. The number of halogens is 4. The number of benzene rings is 2. The highest BCUT2D eigenvalue weighted by Gasteiger charge is 2.19. The van der Waals surface area contributed by atoms with E-state index in [1.807, 2.05) is 30.3 Å². The first-order valence-corrected chi connectivity index (χ1v) is 10.1. The number of amides is 1. The van der Waals surface area contributed by atoms with Gasteiger partial charge in [-0.05, 0) is 54.8 Å². The van der Waals surface area contributed by atoms with Crippen LogP contribution in [0.4, 0.5) is 15.8 Å². The Morgan fingerprint density at radius 2 is 1.71 bits per heavy atom. The maximum atomic E-state index is 13.1. The molecule has 172 valence electrons. The zero-order valence-electron chi connectivity index (χ0n) is 17.3. The number of anilines is 2. The zero-order chi connectivity index (χ0) is 19.3. The molecular formula is C22H30Cl3FN4O. The fourth-order valence-electron chi connectivity index (χ4n) is 4.03. The summed E-state index contributed by atoms with van der Waals surface area (Å²) in [4.78, 5) is 17.3. The van der Waals surface area contributed by atoms with Crippen molar-refractivity contribution in [3.05, 3.63) is 59.4 Å². The maximum Gasteiger partial charge on any atom is 0.251 e. The van der Waals surface area contributed by atoms with Crippen molar-refractivity contribution >= 4 is 54.5 Å². The summed E-state index contributed by atoms with van der Waals surface area (Å²) in [5.41, 5.74) is 4.10. The van der Waals surface area contributed by atoms with E-state index in [1.165, 1.54) is 12.1 Å². The first-order valence-electron chi connectivity index (χ1n) is 10.1. The van der Waals surface area contributed by atoms with E-state index < -0.39 is 0 Å². The Hall–Kier alpha value is -1.73. The summed E-state index contributed by atoms with van der Waals surface area (Å²) in [5, 5.41) is 6.45. The van der Waals surface area contributed by atoms with E-state index in [-0.39, 0.29) is 48.9 Å². The average molecular weight is 492 g/mol. The van der Waals surface area contributed by atoms with Gasteiger partial charge in [-0.25, -0.2) is 4.39 Å². The van der Waals surface area contributed by atoms with Crippen LogP contribution in [0.5, 0.6) is 0 Å². The van der Waals surface area contributed by atoms with Gasteiger partial charge >= 0.3 is 0 Å². The summed E-state index contributed by atoms with van der Waals surface area (Å²) in [6.45, 7) is 6.18. The molecule has 2 aromatic rings. The Kier molecular flexibility index (Phi) is 11.4. The number of nitrogens with zero attached hydrogens (tertiary/aromatic N) is 2. The number of piperazine rings is 1. The molecule has 0 spiro atoms. The number of rotatable bonds is 5. The molecule has 2 N–H and O–H groups in total. The third-order valence-electron chi connectivity index (χ3n) is 5.62. The highest BCUT2D eigenvalue weighted by Crippen LogP contribution is 2.25. The lowest BCUT2D eigenvalue weighted by atomic mass is 9.97. The molecule has 0 bridgehead atoms. The van der Waals surface area contributed by atoms with E-state index >= 15 is 0 Å². The smallest absolute Gasteiger partial charge is 0.251 e. The van der Waals surface area contributed by atoms with Gasteiger partial charge in [0.05, 0.1) is 0 Å². The largest absolute Gasteiger partial charge is 0.385 e. The third kappa shape index (κ3) is 6.88. The van der Waals surface area contributed by atoms with Crippen molar-refractivity contribution in [1.29, 1.82) is 0 Å². The van der Waals surface area contributed by atoms with Gasteiger partial charge < -0.3 is 15.5 Å². The van der Waals surface area contributed by atoms with Gasteiger partial charge in [0.2, 0.25) is 0 Å². The number of hydrogen-bond acceptors (Lipinski definition) is 4. The van der Waals surface area contributed by atoms with Gasteiger partial charge in [-0.3, -0.25) is 9.69 Å². The summed E-state index contributed by atoms with van der Waals surface area (Å²) < 4.78 is 13.1. The third-order valence-corrected chi connectivity index (χ3v) is 5.62. The van der Waals surface area contributed by atoms with Gasteiger partial charge in [-0.15, -0.1) is 37.2 Å². The lowest BCUT2D eigenvalue weighted by molar-refractivity contribution is 0.0947. The second-order valence-electron chi connectivity index (χ2n) is 7.42. The van der Waals surface area contributed by atoms with Gasteiger partial charge in [-0.2, -0.15) is 0 Å². The Morgan fingerprint density at radius 3 is 2.42 bits per heavy atom. The van der Waals surface area contributed by atoms with Crippen LogP contribution in [-0.4, -0.2) is 56.6 Å². The topological polar surface area (TPSA) is 47.6 Å². The second-order valence-corrected chi connectivity index (χ2v) is 7.42. The lowest BCUT2D eigenvalue weighted by Crippen LogP contribution is -2.48. The molecule has 2 heterocycles. The highest BCUT2D eigenvalue weighted by molar-refractivity contribution is 5.97. The molecule has 2 aliphatic rings. The molecule has 0 unspecified atom stereocenters. The van der Waals surface area contributed by atoms with E-state index in [1.54, 1.807) is 0 Å². The Labute approximate surface area is 202 Å². The van der Waals surface area contributed by atoms with Gasteiger partial charge in [0.15, 0.2) is 0 Å². The summed E-state index contributed by atoms with van der Waals surface area (Å²) in [7, 11) is 0. The van der Waals surface area contributed by atoms with Crippen LogP contribution in [-0.2, 0) is 6.42 Å². The van der Waals surface area contributed by atoms with Gasteiger partial charge in [0.25, 0.3) is 5.91 Å². The Bertz CT molecular complexity index is 830. The van der Waals surface area contributed by atoms with E-state index in [0.717, 1.165) is 74.6 Å². The number of fused-ring (bicyclic) bond motifs is 1. The van der Waals surface area contributed by atoms with Crippen molar-refractivity contribution in [2.45, 2.75) is 12.8 Å². The Balaban J connectivity index is 0.00000160. The van der Waals surface area contributed by atoms with Crippen molar-refractivity contribution in [2.24, 2.45) is 0 Å². The molecule has 0 atom stereocenters. The normalized spacial score (nSPS) is 15.3. The molecule has 1 saturated heterocycles. The molecule has 0 saturated carbocycles. The minimum atomic E-state index is -0.200. The van der Waals surface area contributed by atoms with Crippen LogP contribution in [0.15, 0.2) is 42.5 Å². The molecule has 31 heavy (non-hydrogen) atoms. The molecule has 1 fully saturated rings. The van der Waals surface area contributed by atoms with Crippen LogP contribution in [0, 0.1) is 5.82 Å². The van der Waals surface area contributed by atoms with Crippen molar-refractivity contribution in [1.82, 2.24) is 10.2 Å². The molecule has 0 aromatic heterocycles. The predicted octanol–water partition coefficient (Wildman–Crippen LogP) is 4.00. The number of nitrogens with one attached hydrogen (secondary N) is 2. The molecule has 1 amide bonds. The second kappa shape index (κ2) is 13.0. The van der Waals surface area contributed by atoms with Crippen molar-refractivity contribution in [3.63, 3.8) is 0 Å². The van der Waals surface area contributed by atoms with Crippen molar-refractivity contribution in [3.8, 4) is 0 Å². The molecule has 2 aliphatic heterocycles. The number of hydrogen-bond donors (Lipinski definition) is 2. The van der Waals surface area contributed by atoms with Gasteiger partial charge in [0, 0.05) is 62.8 Å². The van der Waals surface area contributed by atoms with E-state index in [9.17, 15) is 9.18 Å². The SMILES string of the molecule is Cl.Cl.Cl.O=C(NCCN1CCN(c2ccc(F)cc2)CC1)c1cccc2c1CCCN2. The fraction of sp³-hybridized carbons (Fsp3) is 0.409. The minimum absolute atomic E-state index is 0. The van der Waals surface area contributed by atoms with E-state index in [4.69, 9.17) is 0 Å². The Morgan fingerprint density at radius 1 is 1.00 bits per heavy atom. The van der Waals surface area contributed by atoms with Crippen LogP contribution in [0.1, 0.15) is 22.3 Å². The van der Waals surface area contributed by atoms with Gasteiger partial charge in [0.1, 0.15) is 5.82 Å². The van der Waals surface area contributed by atoms with Gasteiger partial charge in [-0.1, -0.05) is 6.07 Å². The van der Waals surface area contributed by atoms with Crippen LogP contribution in [0.3, 0.4) is 0 Å². The summed E-state index contributed by atoms with van der Waals surface area (Å²) in [6, 6.07) is 12.6. The van der Waals surface area contributed by atoms with Crippen LogP contribution < -0.4 is 15.5 Å². The monoisotopic (exact) mass is 490 g/mol. The molecule has 9 heteroatoms. The fourth-order valence-corrected chi connectivity index (χ4v) is 4.03. The molecule has 0 radical (unpaired) electrons. The maximum absolute atomic E-state index is 13.1. The van der Waals surface area contributed by atoms with Crippen LogP contribution in [0.2, 0.25) is 0 Å². The molecule has 2 aromatic carbocycles. The summed E-state index contributed by atoms with van der Waals surface area (Å²) in [6.07, 6.45) is 2.02. The highest BCUT2D eigenvalue weighted by atomic mass is 35.5. The number of carbonyl (C=O) groups excluding carboxylic acids is 1. The average Bonchev–Trinajstić information content (AvgIpc) is 2.74. The first kappa shape index (κ1) is 27.3. The summed E-state index contributed by atoms with van der Waals surface area (Å²) in [5.74, 6) is -0.181. The lowest BCUT2D eigenvalue weighted by Gasteiger charge is -2.36. The number of carbonyl (C=O) groups is 1. The quantitative estimate of drug-likeness (QED) is 0.664. The van der Waals surface area contributed by atoms with Crippen molar-refractivity contribution < 1.29 is 9.18 Å². The first-order chi connectivity index (χ1) is 13.7. The van der Waals surface area contributed by atoms with Crippen LogP contribution >= 0.6 is 37.2 Å². The summed E-state index contributed by atoms with van der Waals surface area (Å²) >= 11 is 0. The zero-order valence-corrected chi connectivity index (χ0v) is 19.8.